The van der Waals surface area contributed by atoms with Crippen molar-refractivity contribution in [2.24, 2.45) is 0 Å². The van der Waals surface area contributed by atoms with Crippen LogP contribution in [0.1, 0.15) is 36.0 Å². The van der Waals surface area contributed by atoms with Gasteiger partial charge in [0.1, 0.15) is 5.69 Å². The Bertz CT molecular complexity index is 1120. The SMILES string of the molecule is COC(=O)c1ccc(Nc2ncc3c(n2)N(C2CCCC2)CC(F)(F)C(=O)N3C)c(OC)c1F. The van der Waals surface area contributed by atoms with Crippen molar-refractivity contribution in [3.05, 3.63) is 29.7 Å². The van der Waals surface area contributed by atoms with E-state index >= 15 is 0 Å². The van der Waals surface area contributed by atoms with Crippen LogP contribution in [0.4, 0.5) is 36.3 Å². The first-order valence-corrected chi connectivity index (χ1v) is 10.7. The smallest absolute Gasteiger partial charge is 0.342 e. The first-order valence-electron chi connectivity index (χ1n) is 10.7. The Morgan fingerprint density at radius 1 is 1.24 bits per heavy atom. The van der Waals surface area contributed by atoms with E-state index in [1.54, 1.807) is 0 Å². The molecule has 182 valence electrons. The zero-order valence-corrected chi connectivity index (χ0v) is 18.9. The van der Waals surface area contributed by atoms with Crippen molar-refractivity contribution in [3.8, 4) is 5.75 Å². The van der Waals surface area contributed by atoms with Crippen molar-refractivity contribution >= 4 is 35.0 Å². The number of esters is 1. The number of carbonyl (C=O) groups is 2. The van der Waals surface area contributed by atoms with E-state index in [-0.39, 0.29) is 40.5 Å². The van der Waals surface area contributed by atoms with Crippen LogP contribution in [0.3, 0.4) is 0 Å². The van der Waals surface area contributed by atoms with Gasteiger partial charge in [-0.25, -0.2) is 14.2 Å². The predicted octanol–water partition coefficient (Wildman–Crippen LogP) is 3.52. The highest BCUT2D eigenvalue weighted by atomic mass is 19.3. The molecule has 0 unspecified atom stereocenters. The monoisotopic (exact) mass is 479 g/mol. The molecule has 1 saturated carbocycles. The Balaban J connectivity index is 1.75. The molecular weight excluding hydrogens is 455 g/mol. The van der Waals surface area contributed by atoms with Gasteiger partial charge in [-0.05, 0) is 25.0 Å². The fourth-order valence-corrected chi connectivity index (χ4v) is 4.35. The van der Waals surface area contributed by atoms with Crippen LogP contribution in [-0.2, 0) is 9.53 Å². The third-order valence-electron chi connectivity index (χ3n) is 6.09. The molecule has 12 heteroatoms. The topological polar surface area (TPSA) is 96.9 Å². The predicted molar refractivity (Wildman–Crippen MR) is 118 cm³/mol. The second-order valence-corrected chi connectivity index (χ2v) is 8.16. The lowest BCUT2D eigenvalue weighted by molar-refractivity contribution is -0.140. The van der Waals surface area contributed by atoms with Crippen LogP contribution >= 0.6 is 0 Å². The Morgan fingerprint density at radius 2 is 1.94 bits per heavy atom. The van der Waals surface area contributed by atoms with E-state index in [2.05, 4.69) is 20.0 Å². The van der Waals surface area contributed by atoms with Crippen LogP contribution in [0.15, 0.2) is 18.3 Å². The summed E-state index contributed by atoms with van der Waals surface area (Å²) < 4.78 is 53.9. The van der Waals surface area contributed by atoms with Gasteiger partial charge in [-0.1, -0.05) is 12.8 Å². The number of hydrogen-bond acceptors (Lipinski definition) is 8. The summed E-state index contributed by atoms with van der Waals surface area (Å²) in [6, 6.07) is 2.41. The number of ether oxygens (including phenoxy) is 2. The van der Waals surface area contributed by atoms with E-state index in [0.29, 0.717) is 12.8 Å². The maximum absolute atomic E-state index is 14.8. The van der Waals surface area contributed by atoms with E-state index < -0.39 is 30.2 Å². The fourth-order valence-electron chi connectivity index (χ4n) is 4.35. The minimum Gasteiger partial charge on any atom is -0.492 e. The number of amides is 1. The highest BCUT2D eigenvalue weighted by molar-refractivity contribution is 6.02. The van der Waals surface area contributed by atoms with Gasteiger partial charge in [-0.2, -0.15) is 13.8 Å². The summed E-state index contributed by atoms with van der Waals surface area (Å²) >= 11 is 0. The van der Waals surface area contributed by atoms with Crippen LogP contribution in [0.2, 0.25) is 0 Å². The lowest BCUT2D eigenvalue weighted by atomic mass is 10.1. The second-order valence-electron chi connectivity index (χ2n) is 8.16. The van der Waals surface area contributed by atoms with Gasteiger partial charge in [0, 0.05) is 13.1 Å². The molecule has 0 spiro atoms. The van der Waals surface area contributed by atoms with Gasteiger partial charge in [0.25, 0.3) is 5.91 Å². The van der Waals surface area contributed by atoms with Crippen molar-refractivity contribution in [2.75, 3.05) is 42.9 Å². The molecule has 1 fully saturated rings. The molecule has 1 aliphatic carbocycles. The molecule has 1 aliphatic heterocycles. The first kappa shape index (κ1) is 23.6. The van der Waals surface area contributed by atoms with Gasteiger partial charge in [-0.15, -0.1) is 0 Å². The number of methoxy groups -OCH3 is 2. The van der Waals surface area contributed by atoms with E-state index in [1.165, 1.54) is 37.4 Å². The number of nitrogens with one attached hydrogen (secondary N) is 1. The Labute approximate surface area is 193 Å². The summed E-state index contributed by atoms with van der Waals surface area (Å²) in [5, 5.41) is 2.82. The number of nitrogens with zero attached hydrogens (tertiary/aromatic N) is 4. The fraction of sp³-hybridized carbons (Fsp3) is 0.455. The van der Waals surface area contributed by atoms with Crippen LogP contribution in [0.25, 0.3) is 0 Å². The third-order valence-corrected chi connectivity index (χ3v) is 6.09. The third kappa shape index (κ3) is 4.08. The van der Waals surface area contributed by atoms with Gasteiger partial charge in [0.05, 0.1) is 38.2 Å². The van der Waals surface area contributed by atoms with Gasteiger partial charge >= 0.3 is 11.9 Å². The first-order chi connectivity index (χ1) is 16.2. The molecule has 2 heterocycles. The number of carbonyl (C=O) groups excluding carboxylic acids is 2. The highest BCUT2D eigenvalue weighted by Gasteiger charge is 2.48. The molecule has 2 aliphatic rings. The minimum absolute atomic E-state index is 0.0173. The molecular formula is C22H24F3N5O4. The maximum atomic E-state index is 14.8. The van der Waals surface area contributed by atoms with Crippen LogP contribution in [0, 0.1) is 5.82 Å². The van der Waals surface area contributed by atoms with E-state index in [4.69, 9.17) is 4.74 Å². The number of anilines is 4. The van der Waals surface area contributed by atoms with Crippen molar-refractivity contribution in [2.45, 2.75) is 37.6 Å². The molecule has 0 saturated heterocycles. The highest BCUT2D eigenvalue weighted by Crippen LogP contribution is 2.40. The van der Waals surface area contributed by atoms with E-state index in [1.807, 2.05) is 0 Å². The van der Waals surface area contributed by atoms with Crippen molar-refractivity contribution < 1.29 is 32.2 Å². The Kier molecular flexibility index (Phi) is 6.24. The zero-order chi connectivity index (χ0) is 24.6. The Hall–Kier alpha value is -3.57. The number of rotatable bonds is 5. The molecule has 34 heavy (non-hydrogen) atoms. The van der Waals surface area contributed by atoms with Crippen molar-refractivity contribution in [3.63, 3.8) is 0 Å². The molecule has 4 rings (SSSR count). The van der Waals surface area contributed by atoms with Crippen molar-refractivity contribution in [1.29, 1.82) is 0 Å². The van der Waals surface area contributed by atoms with Gasteiger partial charge < -0.3 is 24.6 Å². The molecule has 0 atom stereocenters. The molecule has 0 bridgehead atoms. The summed E-state index contributed by atoms with van der Waals surface area (Å²) in [5.74, 6) is -6.84. The van der Waals surface area contributed by atoms with E-state index in [9.17, 15) is 22.8 Å². The molecule has 1 aromatic heterocycles. The molecule has 1 N–H and O–H groups in total. The quantitative estimate of drug-likeness (QED) is 0.651. The van der Waals surface area contributed by atoms with Crippen LogP contribution < -0.4 is 19.9 Å². The van der Waals surface area contributed by atoms with Gasteiger partial charge in [-0.3, -0.25) is 4.79 Å². The number of alkyl halides is 2. The van der Waals surface area contributed by atoms with Gasteiger partial charge in [0.15, 0.2) is 17.4 Å². The lowest BCUT2D eigenvalue weighted by Gasteiger charge is -2.31. The average Bonchev–Trinajstić information content (AvgIpc) is 3.34. The normalized spacial score (nSPS) is 17.9. The number of halogens is 3. The number of fused-ring (bicyclic) bond motifs is 1. The van der Waals surface area contributed by atoms with Gasteiger partial charge in [0.2, 0.25) is 5.95 Å². The number of benzene rings is 1. The van der Waals surface area contributed by atoms with Crippen LogP contribution in [-0.4, -0.2) is 61.6 Å². The summed E-state index contributed by atoms with van der Waals surface area (Å²) in [4.78, 5) is 35.1. The van der Waals surface area contributed by atoms with E-state index in [0.717, 1.165) is 24.9 Å². The lowest BCUT2D eigenvalue weighted by Crippen LogP contribution is -2.48. The molecule has 2 aromatic rings. The van der Waals surface area contributed by atoms with Crippen LogP contribution in [0.5, 0.6) is 5.75 Å². The summed E-state index contributed by atoms with van der Waals surface area (Å²) in [6.45, 7) is -0.796. The molecule has 1 aromatic carbocycles. The summed E-state index contributed by atoms with van der Waals surface area (Å²) in [6.07, 6.45) is 4.47. The number of aromatic nitrogens is 2. The van der Waals surface area contributed by atoms with Crippen molar-refractivity contribution in [1.82, 2.24) is 9.97 Å². The molecule has 1 amide bonds. The largest absolute Gasteiger partial charge is 0.492 e. The standard InChI is InChI=1S/C22H24F3N5O4/c1-29-15-10-26-21(27-14-9-8-13(19(31)34-3)16(23)17(14)33-2)28-18(15)30(12-6-4-5-7-12)11-22(24,25)20(29)32/h8-10,12H,4-7,11H2,1-3H3,(H,26,27,28). The molecule has 0 radical (unpaired) electrons. The Morgan fingerprint density at radius 3 is 2.59 bits per heavy atom. The zero-order valence-electron chi connectivity index (χ0n) is 18.9. The second kappa shape index (κ2) is 8.99. The maximum Gasteiger partial charge on any atom is 0.342 e. The number of hydrogen-bond donors (Lipinski definition) is 1. The molecule has 9 nitrogen and oxygen atoms in total. The average molecular weight is 479 g/mol. The summed E-state index contributed by atoms with van der Waals surface area (Å²) in [7, 11) is 3.62. The summed E-state index contributed by atoms with van der Waals surface area (Å²) in [5.41, 5.74) is -0.0512. The minimum atomic E-state index is -3.60.